The van der Waals surface area contributed by atoms with Crippen molar-refractivity contribution in [1.29, 1.82) is 0 Å². The molecule has 0 bridgehead atoms. The molecule has 1 aromatic heterocycles. The Morgan fingerprint density at radius 3 is 2.51 bits per heavy atom. The van der Waals surface area contributed by atoms with E-state index in [0.717, 1.165) is 70.4 Å². The van der Waals surface area contributed by atoms with Gasteiger partial charge in [0.15, 0.2) is 9.84 Å². The number of nitrogens with zero attached hydrogens (tertiary/aromatic N) is 2. The molecule has 47 heavy (non-hydrogen) atoms. The highest BCUT2D eigenvalue weighted by atomic mass is 32.2. The van der Waals surface area contributed by atoms with Crippen LogP contribution in [0.3, 0.4) is 0 Å². The fourth-order valence-electron chi connectivity index (χ4n) is 7.41. The normalized spacial score (nSPS) is 23.1. The van der Waals surface area contributed by atoms with Crippen LogP contribution in [-0.4, -0.2) is 81.9 Å². The van der Waals surface area contributed by atoms with Crippen LogP contribution in [0, 0.1) is 17.3 Å². The molecule has 2 aliphatic heterocycles. The zero-order valence-electron chi connectivity index (χ0n) is 27.2. The Balaban J connectivity index is 1.15. The summed E-state index contributed by atoms with van der Waals surface area (Å²) in [5.41, 5.74) is 2.59. The van der Waals surface area contributed by atoms with E-state index in [1.807, 2.05) is 6.07 Å². The number of rotatable bonds is 8. The molecule has 6 rings (SSSR count). The summed E-state index contributed by atoms with van der Waals surface area (Å²) >= 11 is 0. The van der Waals surface area contributed by atoms with Crippen LogP contribution < -0.4 is 15.4 Å². The Morgan fingerprint density at radius 2 is 1.85 bits per heavy atom. The van der Waals surface area contributed by atoms with E-state index in [1.54, 1.807) is 24.3 Å². The van der Waals surface area contributed by atoms with E-state index in [2.05, 4.69) is 34.3 Å². The van der Waals surface area contributed by atoms with E-state index in [9.17, 15) is 21.6 Å². The fourth-order valence-corrected chi connectivity index (χ4v) is 8.05. The number of ether oxygens (including phenoxy) is 2. The number of methoxy groups -OCH3 is 1. The van der Waals surface area contributed by atoms with Crippen LogP contribution >= 0.6 is 0 Å². The first-order chi connectivity index (χ1) is 22.3. The Bertz CT molecular complexity index is 1770. The smallest absolute Gasteiger partial charge is 0.406 e. The Kier molecular flexibility index (Phi) is 9.19. The quantitative estimate of drug-likeness (QED) is 0.272. The van der Waals surface area contributed by atoms with Crippen LogP contribution in [0.15, 0.2) is 47.4 Å². The highest BCUT2D eigenvalue weighted by Gasteiger charge is 2.51. The summed E-state index contributed by atoms with van der Waals surface area (Å²) < 4.78 is 77.3. The van der Waals surface area contributed by atoms with E-state index in [0.29, 0.717) is 27.8 Å². The fraction of sp³-hybridized carbons (Fsp3) is 0.543. The van der Waals surface area contributed by atoms with Crippen molar-refractivity contribution in [2.45, 2.75) is 74.6 Å². The highest BCUT2D eigenvalue weighted by Crippen LogP contribution is 2.46. The summed E-state index contributed by atoms with van der Waals surface area (Å²) in [5.74, 6) is 6.19. The van der Waals surface area contributed by atoms with Crippen molar-refractivity contribution in [1.82, 2.24) is 9.47 Å². The molecule has 0 atom stereocenters. The highest BCUT2D eigenvalue weighted by molar-refractivity contribution is 7.90. The lowest BCUT2D eigenvalue weighted by Gasteiger charge is -2.60. The van der Waals surface area contributed by atoms with Gasteiger partial charge >= 0.3 is 6.18 Å². The molecule has 1 aliphatic carbocycles. The Hall–Kier alpha value is -3.40. The zero-order chi connectivity index (χ0) is 33.5. The molecule has 3 aliphatic rings. The van der Waals surface area contributed by atoms with Gasteiger partial charge in [0.2, 0.25) is 0 Å². The number of likely N-dealkylation sites (tertiary alicyclic amines) is 1. The third kappa shape index (κ3) is 7.37. The average Bonchev–Trinajstić information content (AvgIpc) is 3.35. The van der Waals surface area contributed by atoms with Crippen molar-refractivity contribution in [3.8, 4) is 17.6 Å². The first-order valence-corrected chi connectivity index (χ1v) is 18.1. The lowest BCUT2D eigenvalue weighted by molar-refractivity contribution is -0.143. The van der Waals surface area contributed by atoms with Crippen molar-refractivity contribution in [2.75, 3.05) is 56.8 Å². The monoisotopic (exact) mass is 672 g/mol. The number of alkyl halides is 3. The van der Waals surface area contributed by atoms with Gasteiger partial charge < -0.3 is 24.7 Å². The Labute approximate surface area is 274 Å². The molecule has 2 saturated heterocycles. The van der Waals surface area contributed by atoms with Crippen LogP contribution in [0.4, 0.5) is 24.5 Å². The maximum atomic E-state index is 13.7. The molecular weight excluding hydrogens is 629 g/mol. The molecule has 3 heterocycles. The number of anilines is 2. The third-order valence-corrected chi connectivity index (χ3v) is 11.2. The number of nitrogens with one attached hydrogen (secondary N) is 2. The molecule has 2 aromatic carbocycles. The van der Waals surface area contributed by atoms with Crippen molar-refractivity contribution in [3.63, 3.8) is 0 Å². The Morgan fingerprint density at radius 1 is 1.09 bits per heavy atom. The predicted octanol–water partition coefficient (Wildman–Crippen LogP) is 6.30. The van der Waals surface area contributed by atoms with Gasteiger partial charge in [0.05, 0.1) is 42.1 Å². The van der Waals surface area contributed by atoms with Crippen LogP contribution in [0.1, 0.15) is 51.1 Å². The molecule has 0 unspecified atom stereocenters. The van der Waals surface area contributed by atoms with Crippen molar-refractivity contribution in [2.24, 2.45) is 5.41 Å². The second-order valence-electron chi connectivity index (χ2n) is 13.7. The molecule has 1 saturated carbocycles. The minimum Gasteiger partial charge on any atom is -0.495 e. The first-order valence-electron chi connectivity index (χ1n) is 16.2. The van der Waals surface area contributed by atoms with Crippen molar-refractivity contribution in [3.05, 3.63) is 48.2 Å². The van der Waals surface area contributed by atoms with E-state index in [4.69, 9.17) is 9.47 Å². The van der Waals surface area contributed by atoms with Crippen molar-refractivity contribution >= 4 is 32.1 Å². The van der Waals surface area contributed by atoms with Gasteiger partial charge in [-0.3, -0.25) is 4.90 Å². The predicted molar refractivity (Wildman–Crippen MR) is 178 cm³/mol. The van der Waals surface area contributed by atoms with E-state index >= 15 is 0 Å². The summed E-state index contributed by atoms with van der Waals surface area (Å²) in [6.07, 6.45) is 3.20. The topological polar surface area (TPSA) is 84.8 Å². The van der Waals surface area contributed by atoms with Gasteiger partial charge in [-0.2, -0.15) is 13.2 Å². The molecular formula is C35H43F3N4O4S. The second-order valence-corrected chi connectivity index (χ2v) is 15.7. The molecule has 0 radical (unpaired) electrons. The molecule has 3 fully saturated rings. The third-order valence-electron chi connectivity index (χ3n) is 10.1. The van der Waals surface area contributed by atoms with E-state index in [-0.39, 0.29) is 28.7 Å². The largest absolute Gasteiger partial charge is 0.495 e. The number of aromatic nitrogens is 1. The van der Waals surface area contributed by atoms with Gasteiger partial charge in [-0.05, 0) is 81.7 Å². The van der Waals surface area contributed by atoms with Crippen LogP contribution in [-0.2, 0) is 21.1 Å². The number of sulfone groups is 1. The maximum absolute atomic E-state index is 13.7. The van der Waals surface area contributed by atoms with Gasteiger partial charge in [0, 0.05) is 60.1 Å². The number of halogens is 3. The maximum Gasteiger partial charge on any atom is 0.406 e. The van der Waals surface area contributed by atoms with Crippen molar-refractivity contribution < 1.29 is 31.1 Å². The average molecular weight is 673 g/mol. The van der Waals surface area contributed by atoms with Crippen LogP contribution in [0.25, 0.3) is 10.9 Å². The molecule has 0 amide bonds. The molecule has 3 aromatic rings. The van der Waals surface area contributed by atoms with E-state index in [1.165, 1.54) is 30.2 Å². The first kappa shape index (κ1) is 33.5. The summed E-state index contributed by atoms with van der Waals surface area (Å²) in [7, 11) is -1.98. The molecule has 12 heteroatoms. The van der Waals surface area contributed by atoms with E-state index < -0.39 is 22.6 Å². The van der Waals surface area contributed by atoms with Crippen LogP contribution in [0.5, 0.6) is 5.75 Å². The summed E-state index contributed by atoms with van der Waals surface area (Å²) in [4.78, 5) is 2.75. The minimum absolute atomic E-state index is 0.110. The summed E-state index contributed by atoms with van der Waals surface area (Å²) in [6, 6.07) is 11.9. The summed E-state index contributed by atoms with van der Waals surface area (Å²) in [6.45, 7) is 5.30. The molecule has 254 valence electrons. The number of benzene rings is 2. The lowest BCUT2D eigenvalue weighted by atomic mass is 9.69. The SMILES string of the molecule is COc1cc(S(C)(=O)=O)ccc1NCC#Cc1cc2c(NC3CCC(C)(N4CC5(CCCOC5)C4)CC3)cccc2n1CC(F)(F)F. The van der Waals surface area contributed by atoms with Gasteiger partial charge in [0.1, 0.15) is 12.3 Å². The standard InChI is InChI=1S/C35H43F3N4O4S/c1-33(41-21-34(22-41)14-6-18-46-24-34)15-12-25(13-16-33)40-29-8-4-9-31-28(29)19-26(42(31)23-35(36,37)38)7-5-17-39-30-11-10-27(47(3,43)44)20-32(30)45-2/h4,8-11,19-20,25,39-40H,6,12-18,21-24H2,1-3H3. The lowest BCUT2D eigenvalue weighted by Crippen LogP contribution is -2.67. The molecule has 2 N–H and O–H groups in total. The van der Waals surface area contributed by atoms with Gasteiger partial charge in [-0.25, -0.2) is 8.42 Å². The minimum atomic E-state index is -4.42. The number of hydrogen-bond acceptors (Lipinski definition) is 7. The van der Waals surface area contributed by atoms with Gasteiger partial charge in [-0.1, -0.05) is 12.0 Å². The van der Waals surface area contributed by atoms with Crippen LogP contribution in [0.2, 0.25) is 0 Å². The van der Waals surface area contributed by atoms with Gasteiger partial charge in [0.25, 0.3) is 0 Å². The molecule has 8 nitrogen and oxygen atoms in total. The molecule has 1 spiro atoms. The number of hydrogen-bond donors (Lipinski definition) is 2. The number of fused-ring (bicyclic) bond motifs is 1. The summed E-state index contributed by atoms with van der Waals surface area (Å²) in [5, 5.41) is 7.45. The second kappa shape index (κ2) is 12.9. The van der Waals surface area contributed by atoms with Gasteiger partial charge in [-0.15, -0.1) is 0 Å². The zero-order valence-corrected chi connectivity index (χ0v) is 28.0.